The van der Waals surface area contributed by atoms with Crippen LogP contribution < -0.4 is 15.4 Å². The fourth-order valence-corrected chi connectivity index (χ4v) is 3.53. The van der Waals surface area contributed by atoms with Gasteiger partial charge < -0.3 is 15.4 Å². The van der Waals surface area contributed by atoms with Gasteiger partial charge in [0.1, 0.15) is 5.75 Å². The van der Waals surface area contributed by atoms with Crippen molar-refractivity contribution in [2.24, 2.45) is 0 Å². The summed E-state index contributed by atoms with van der Waals surface area (Å²) in [6.07, 6.45) is 2.13. The van der Waals surface area contributed by atoms with Crippen LogP contribution in [0.1, 0.15) is 31.4 Å². The standard InChI is InChI=1S/C21H25N3O3/c1-15(25)22-17-10-11-20(27-2)18(13-17)23-21(26)14-24-12-6-9-19(24)16-7-4-3-5-8-16/h3-5,7-8,10-11,13,19H,6,9,12,14H2,1-2H3,(H,22,25)(H,23,26)/t19-/m1/s1. The van der Waals surface area contributed by atoms with E-state index in [2.05, 4.69) is 27.7 Å². The number of benzene rings is 2. The molecule has 6 nitrogen and oxygen atoms in total. The van der Waals surface area contributed by atoms with Crippen molar-refractivity contribution in [2.75, 3.05) is 30.8 Å². The number of methoxy groups -OCH3 is 1. The van der Waals surface area contributed by atoms with Crippen molar-refractivity contribution < 1.29 is 14.3 Å². The predicted octanol–water partition coefficient (Wildman–Crippen LogP) is 3.43. The van der Waals surface area contributed by atoms with E-state index in [4.69, 9.17) is 4.74 Å². The molecule has 0 unspecified atom stereocenters. The first-order chi connectivity index (χ1) is 13.1. The molecule has 2 aromatic carbocycles. The first-order valence-corrected chi connectivity index (χ1v) is 9.11. The lowest BCUT2D eigenvalue weighted by Gasteiger charge is -2.24. The summed E-state index contributed by atoms with van der Waals surface area (Å²) in [4.78, 5) is 26.1. The van der Waals surface area contributed by atoms with Crippen molar-refractivity contribution in [3.05, 3.63) is 54.1 Å². The Hall–Kier alpha value is -2.86. The lowest BCUT2D eigenvalue weighted by atomic mass is 10.0. The van der Waals surface area contributed by atoms with Gasteiger partial charge in [0, 0.05) is 18.7 Å². The summed E-state index contributed by atoms with van der Waals surface area (Å²) in [7, 11) is 1.55. The maximum absolute atomic E-state index is 12.7. The molecule has 1 fully saturated rings. The number of hydrogen-bond acceptors (Lipinski definition) is 4. The molecule has 1 aliphatic rings. The van der Waals surface area contributed by atoms with Gasteiger partial charge in [0.2, 0.25) is 11.8 Å². The number of anilines is 2. The van der Waals surface area contributed by atoms with Crippen molar-refractivity contribution in [3.63, 3.8) is 0 Å². The second kappa shape index (κ2) is 8.68. The SMILES string of the molecule is COc1ccc(NC(C)=O)cc1NC(=O)CN1CCC[C@@H]1c1ccccc1. The molecule has 0 bridgehead atoms. The zero-order valence-electron chi connectivity index (χ0n) is 15.7. The van der Waals surface area contributed by atoms with Gasteiger partial charge in [-0.1, -0.05) is 30.3 Å². The third-order valence-corrected chi connectivity index (χ3v) is 4.69. The van der Waals surface area contributed by atoms with Crippen LogP contribution in [0.25, 0.3) is 0 Å². The smallest absolute Gasteiger partial charge is 0.238 e. The molecule has 2 N–H and O–H groups in total. The lowest BCUT2D eigenvalue weighted by molar-refractivity contribution is -0.117. The van der Waals surface area contributed by atoms with Crippen molar-refractivity contribution in [1.82, 2.24) is 4.90 Å². The number of nitrogens with one attached hydrogen (secondary N) is 2. The molecule has 2 aromatic rings. The number of ether oxygens (including phenoxy) is 1. The highest BCUT2D eigenvalue weighted by atomic mass is 16.5. The number of nitrogens with zero attached hydrogens (tertiary/aromatic N) is 1. The molecular weight excluding hydrogens is 342 g/mol. The van der Waals surface area contributed by atoms with Crippen LogP contribution in [-0.2, 0) is 9.59 Å². The molecule has 0 aromatic heterocycles. The summed E-state index contributed by atoms with van der Waals surface area (Å²) in [5.74, 6) is 0.287. The second-order valence-electron chi connectivity index (χ2n) is 6.68. The number of carbonyl (C=O) groups is 2. The van der Waals surface area contributed by atoms with Crippen LogP contribution in [0.2, 0.25) is 0 Å². The summed E-state index contributed by atoms with van der Waals surface area (Å²) in [6, 6.07) is 15.7. The molecule has 0 radical (unpaired) electrons. The van der Waals surface area contributed by atoms with Crippen molar-refractivity contribution >= 4 is 23.2 Å². The van der Waals surface area contributed by atoms with E-state index in [0.717, 1.165) is 19.4 Å². The molecule has 27 heavy (non-hydrogen) atoms. The first kappa shape index (κ1) is 18.9. The van der Waals surface area contributed by atoms with Gasteiger partial charge in [-0.3, -0.25) is 14.5 Å². The van der Waals surface area contributed by atoms with Crippen LogP contribution in [0.15, 0.2) is 48.5 Å². The van der Waals surface area contributed by atoms with E-state index in [1.54, 1.807) is 25.3 Å². The molecule has 142 valence electrons. The minimum absolute atomic E-state index is 0.101. The molecular formula is C21H25N3O3. The highest BCUT2D eigenvalue weighted by molar-refractivity contribution is 5.95. The average molecular weight is 367 g/mol. The number of amides is 2. The molecule has 1 aliphatic heterocycles. The Morgan fingerprint density at radius 3 is 2.63 bits per heavy atom. The monoisotopic (exact) mass is 367 g/mol. The van der Waals surface area contributed by atoms with E-state index in [9.17, 15) is 9.59 Å². The third kappa shape index (κ3) is 4.86. The van der Waals surface area contributed by atoms with Crippen molar-refractivity contribution in [1.29, 1.82) is 0 Å². The van der Waals surface area contributed by atoms with Gasteiger partial charge >= 0.3 is 0 Å². The molecule has 1 heterocycles. The van der Waals surface area contributed by atoms with Gasteiger partial charge in [0.15, 0.2) is 0 Å². The zero-order valence-corrected chi connectivity index (χ0v) is 15.7. The van der Waals surface area contributed by atoms with Gasteiger partial charge in [-0.15, -0.1) is 0 Å². The Bertz CT molecular complexity index is 808. The van der Waals surface area contributed by atoms with E-state index < -0.39 is 0 Å². The quantitative estimate of drug-likeness (QED) is 0.821. The molecule has 1 atom stereocenters. The maximum atomic E-state index is 12.7. The summed E-state index contributed by atoms with van der Waals surface area (Å²) < 4.78 is 5.33. The van der Waals surface area contributed by atoms with E-state index in [1.165, 1.54) is 12.5 Å². The fourth-order valence-electron chi connectivity index (χ4n) is 3.53. The highest BCUT2D eigenvalue weighted by Crippen LogP contribution is 2.32. The molecule has 1 saturated heterocycles. The Balaban J connectivity index is 1.69. The summed E-state index contributed by atoms with van der Waals surface area (Å²) in [5.41, 5.74) is 2.40. The molecule has 0 spiro atoms. The van der Waals surface area contributed by atoms with Gasteiger partial charge in [-0.2, -0.15) is 0 Å². The number of carbonyl (C=O) groups excluding carboxylic acids is 2. The van der Waals surface area contributed by atoms with Crippen LogP contribution in [0.3, 0.4) is 0 Å². The zero-order chi connectivity index (χ0) is 19.2. The molecule has 6 heteroatoms. The molecule has 0 aliphatic carbocycles. The Morgan fingerprint density at radius 1 is 1.15 bits per heavy atom. The van der Waals surface area contributed by atoms with Crippen LogP contribution in [0.4, 0.5) is 11.4 Å². The van der Waals surface area contributed by atoms with Crippen molar-refractivity contribution in [2.45, 2.75) is 25.8 Å². The highest BCUT2D eigenvalue weighted by Gasteiger charge is 2.27. The fraction of sp³-hybridized carbons (Fsp3) is 0.333. The third-order valence-electron chi connectivity index (χ3n) is 4.69. The number of rotatable bonds is 6. The minimum Gasteiger partial charge on any atom is -0.495 e. The summed E-state index contributed by atoms with van der Waals surface area (Å²) in [5, 5.41) is 5.63. The van der Waals surface area contributed by atoms with Crippen LogP contribution in [-0.4, -0.2) is 36.9 Å². The van der Waals surface area contributed by atoms with Crippen LogP contribution in [0, 0.1) is 0 Å². The normalized spacial score (nSPS) is 16.7. The molecule has 3 rings (SSSR count). The topological polar surface area (TPSA) is 70.7 Å². The van der Waals surface area contributed by atoms with E-state index >= 15 is 0 Å². The first-order valence-electron chi connectivity index (χ1n) is 9.11. The van der Waals surface area contributed by atoms with E-state index in [-0.39, 0.29) is 17.9 Å². The largest absolute Gasteiger partial charge is 0.495 e. The van der Waals surface area contributed by atoms with Gasteiger partial charge in [0.05, 0.1) is 19.3 Å². The predicted molar refractivity (Wildman–Crippen MR) is 106 cm³/mol. The van der Waals surface area contributed by atoms with E-state index in [1.807, 2.05) is 18.2 Å². The lowest BCUT2D eigenvalue weighted by Crippen LogP contribution is -2.33. The van der Waals surface area contributed by atoms with Crippen LogP contribution in [0.5, 0.6) is 5.75 Å². The van der Waals surface area contributed by atoms with Gasteiger partial charge in [-0.05, 0) is 43.1 Å². The Kier molecular flexibility index (Phi) is 6.08. The summed E-state index contributed by atoms with van der Waals surface area (Å²) in [6.45, 7) is 2.66. The maximum Gasteiger partial charge on any atom is 0.238 e. The summed E-state index contributed by atoms with van der Waals surface area (Å²) >= 11 is 0. The minimum atomic E-state index is -0.166. The molecule has 2 amide bonds. The van der Waals surface area contributed by atoms with Gasteiger partial charge in [0.25, 0.3) is 0 Å². The van der Waals surface area contributed by atoms with Gasteiger partial charge in [-0.25, -0.2) is 0 Å². The number of hydrogen-bond donors (Lipinski definition) is 2. The van der Waals surface area contributed by atoms with Crippen molar-refractivity contribution in [3.8, 4) is 5.75 Å². The average Bonchev–Trinajstić information content (AvgIpc) is 3.10. The Labute approximate surface area is 159 Å². The Morgan fingerprint density at radius 2 is 1.93 bits per heavy atom. The number of likely N-dealkylation sites (tertiary alicyclic amines) is 1. The van der Waals surface area contributed by atoms with Crippen LogP contribution >= 0.6 is 0 Å². The van der Waals surface area contributed by atoms with E-state index in [0.29, 0.717) is 23.7 Å². The second-order valence-corrected chi connectivity index (χ2v) is 6.68. The molecule has 0 saturated carbocycles.